The van der Waals surface area contributed by atoms with Gasteiger partial charge in [-0.1, -0.05) is 0 Å². The molecule has 1 atom stereocenters. The Morgan fingerprint density at radius 1 is 1.46 bits per heavy atom. The molecule has 0 bridgehead atoms. The van der Waals surface area contributed by atoms with Crippen LogP contribution in [0, 0.1) is 11.3 Å². The number of anilines is 2. The van der Waals surface area contributed by atoms with Crippen molar-refractivity contribution in [3.63, 3.8) is 0 Å². The van der Waals surface area contributed by atoms with Crippen LogP contribution in [-0.4, -0.2) is 35.6 Å². The maximum absolute atomic E-state index is 12.9. The van der Waals surface area contributed by atoms with Crippen LogP contribution in [0.3, 0.4) is 0 Å². The van der Waals surface area contributed by atoms with Crippen LogP contribution >= 0.6 is 0 Å². The molecule has 1 aliphatic rings. The van der Waals surface area contributed by atoms with Crippen LogP contribution < -0.4 is 20.1 Å². The largest absolute Gasteiger partial charge is 0.495 e. The first-order valence-electron chi connectivity index (χ1n) is 7.22. The van der Waals surface area contributed by atoms with Gasteiger partial charge in [0, 0.05) is 5.69 Å². The van der Waals surface area contributed by atoms with Crippen molar-refractivity contribution in [2.75, 3.05) is 24.3 Å². The van der Waals surface area contributed by atoms with Gasteiger partial charge in [0.1, 0.15) is 35.6 Å². The van der Waals surface area contributed by atoms with Crippen LogP contribution in [0.25, 0.3) is 0 Å². The number of carbonyl (C=O) groups excluding carboxylic acids is 1. The highest BCUT2D eigenvalue weighted by molar-refractivity contribution is 6.10. The van der Waals surface area contributed by atoms with Gasteiger partial charge in [-0.2, -0.15) is 5.26 Å². The highest BCUT2D eigenvalue weighted by Gasteiger charge is 2.31. The first-order valence-corrected chi connectivity index (χ1v) is 7.22. The highest BCUT2D eigenvalue weighted by atomic mass is 16.5. The lowest BCUT2D eigenvalue weighted by atomic mass is 10.1. The van der Waals surface area contributed by atoms with Crippen molar-refractivity contribution in [2.45, 2.75) is 13.0 Å². The number of nitriles is 1. The Morgan fingerprint density at radius 2 is 2.25 bits per heavy atom. The third-order valence-electron chi connectivity index (χ3n) is 3.67. The quantitative estimate of drug-likeness (QED) is 0.886. The molecule has 0 saturated heterocycles. The van der Waals surface area contributed by atoms with Crippen LogP contribution in [-0.2, 0) is 0 Å². The molecule has 3 rings (SSSR count). The van der Waals surface area contributed by atoms with Crippen molar-refractivity contribution in [1.29, 1.82) is 5.26 Å². The molecule has 2 heterocycles. The zero-order valence-corrected chi connectivity index (χ0v) is 13.2. The number of benzene rings is 1. The van der Waals surface area contributed by atoms with Gasteiger partial charge in [0.15, 0.2) is 0 Å². The average molecular weight is 325 g/mol. The summed E-state index contributed by atoms with van der Waals surface area (Å²) in [4.78, 5) is 22.3. The standard InChI is InChI=1S/C16H15N5O3/c1-9-7-21(11-3-4-12(23-2)10(5-11)6-17)16(22)13-14(18)19-8-20-15(13)24-9/h3-5,8-9H,7H2,1-2H3,(H2,18,19,20). The molecule has 1 unspecified atom stereocenters. The number of nitrogens with two attached hydrogens (primary N) is 1. The lowest BCUT2D eigenvalue weighted by Crippen LogP contribution is -2.36. The minimum absolute atomic E-state index is 0.0538. The molecule has 1 amide bonds. The molecule has 0 radical (unpaired) electrons. The highest BCUT2D eigenvalue weighted by Crippen LogP contribution is 2.31. The molecule has 2 N–H and O–H groups in total. The fraction of sp³-hybridized carbons (Fsp3) is 0.250. The number of ether oxygens (including phenoxy) is 2. The molecule has 24 heavy (non-hydrogen) atoms. The van der Waals surface area contributed by atoms with E-state index in [4.69, 9.17) is 15.2 Å². The Labute approximate surface area is 138 Å². The van der Waals surface area contributed by atoms with Crippen molar-refractivity contribution in [3.05, 3.63) is 35.7 Å². The van der Waals surface area contributed by atoms with Gasteiger partial charge in [0.05, 0.1) is 19.2 Å². The second kappa shape index (κ2) is 6.04. The Hall–Kier alpha value is -3.34. The first kappa shape index (κ1) is 15.6. The van der Waals surface area contributed by atoms with Gasteiger partial charge in [-0.05, 0) is 25.1 Å². The number of hydrogen-bond acceptors (Lipinski definition) is 7. The molecule has 0 aliphatic carbocycles. The fourth-order valence-electron chi connectivity index (χ4n) is 2.55. The van der Waals surface area contributed by atoms with E-state index in [1.807, 2.05) is 6.92 Å². The molecule has 0 saturated carbocycles. The summed E-state index contributed by atoms with van der Waals surface area (Å²) in [6.45, 7) is 2.11. The topological polar surface area (TPSA) is 114 Å². The maximum atomic E-state index is 12.9. The van der Waals surface area contributed by atoms with E-state index in [1.165, 1.54) is 18.3 Å². The average Bonchev–Trinajstić information content (AvgIpc) is 2.71. The summed E-state index contributed by atoms with van der Waals surface area (Å²) in [7, 11) is 1.48. The number of nitrogen functional groups attached to an aromatic ring is 1. The predicted octanol–water partition coefficient (Wildman–Crippen LogP) is 1.37. The monoisotopic (exact) mass is 325 g/mol. The predicted molar refractivity (Wildman–Crippen MR) is 85.9 cm³/mol. The van der Waals surface area contributed by atoms with Gasteiger partial charge < -0.3 is 20.1 Å². The maximum Gasteiger partial charge on any atom is 0.267 e. The number of hydrogen-bond donors (Lipinski definition) is 1. The number of amides is 1. The molecule has 1 aliphatic heterocycles. The summed E-state index contributed by atoms with van der Waals surface area (Å²) in [5.74, 6) is 0.284. The SMILES string of the molecule is COc1ccc(N2CC(C)Oc3ncnc(N)c3C2=O)cc1C#N. The van der Waals surface area contributed by atoms with E-state index in [0.29, 0.717) is 17.0 Å². The minimum atomic E-state index is -0.374. The summed E-state index contributed by atoms with van der Waals surface area (Å²) < 4.78 is 10.8. The number of rotatable bonds is 2. The zero-order valence-electron chi connectivity index (χ0n) is 13.2. The smallest absolute Gasteiger partial charge is 0.267 e. The van der Waals surface area contributed by atoms with Crippen molar-refractivity contribution in [3.8, 4) is 17.7 Å². The summed E-state index contributed by atoms with van der Waals surface area (Å²) in [6, 6.07) is 6.99. The second-order valence-corrected chi connectivity index (χ2v) is 5.28. The van der Waals surface area contributed by atoms with Gasteiger partial charge in [-0.25, -0.2) is 9.97 Å². The minimum Gasteiger partial charge on any atom is -0.495 e. The van der Waals surface area contributed by atoms with E-state index < -0.39 is 0 Å². The number of aromatic nitrogens is 2. The number of methoxy groups -OCH3 is 1. The molecule has 0 spiro atoms. The first-order chi connectivity index (χ1) is 11.5. The molecule has 2 aromatic rings. The van der Waals surface area contributed by atoms with E-state index in [0.717, 1.165) is 0 Å². The summed E-state index contributed by atoms with van der Waals surface area (Å²) >= 11 is 0. The molecular formula is C16H15N5O3. The third kappa shape index (κ3) is 2.56. The molecule has 1 aromatic carbocycles. The van der Waals surface area contributed by atoms with E-state index in [9.17, 15) is 10.1 Å². The summed E-state index contributed by atoms with van der Waals surface area (Å²) in [5, 5.41) is 9.25. The number of carbonyl (C=O) groups is 1. The van der Waals surface area contributed by atoms with Crippen LogP contribution in [0.4, 0.5) is 11.5 Å². The Kier molecular flexibility index (Phi) is 3.92. The van der Waals surface area contributed by atoms with Crippen molar-refractivity contribution in [1.82, 2.24) is 9.97 Å². The molecular weight excluding hydrogens is 310 g/mol. The van der Waals surface area contributed by atoms with Crippen molar-refractivity contribution < 1.29 is 14.3 Å². The lowest BCUT2D eigenvalue weighted by molar-refractivity contribution is 0.0988. The van der Waals surface area contributed by atoms with Crippen LogP contribution in [0.5, 0.6) is 11.6 Å². The van der Waals surface area contributed by atoms with Crippen LogP contribution in [0.1, 0.15) is 22.8 Å². The van der Waals surface area contributed by atoms with E-state index in [2.05, 4.69) is 16.0 Å². The number of nitrogens with zero attached hydrogens (tertiary/aromatic N) is 4. The van der Waals surface area contributed by atoms with Crippen LogP contribution in [0.15, 0.2) is 24.5 Å². The Bertz CT molecular complexity index is 846. The summed E-state index contributed by atoms with van der Waals surface area (Å²) in [6.07, 6.45) is 0.947. The molecule has 1 aromatic heterocycles. The zero-order chi connectivity index (χ0) is 17.3. The number of fused-ring (bicyclic) bond motifs is 1. The van der Waals surface area contributed by atoms with E-state index in [-0.39, 0.29) is 35.8 Å². The second-order valence-electron chi connectivity index (χ2n) is 5.28. The van der Waals surface area contributed by atoms with E-state index in [1.54, 1.807) is 18.2 Å². The van der Waals surface area contributed by atoms with Gasteiger partial charge in [-0.15, -0.1) is 0 Å². The van der Waals surface area contributed by atoms with Gasteiger partial charge in [0.25, 0.3) is 5.91 Å². The third-order valence-corrected chi connectivity index (χ3v) is 3.67. The normalized spacial score (nSPS) is 16.6. The van der Waals surface area contributed by atoms with Crippen molar-refractivity contribution >= 4 is 17.4 Å². The van der Waals surface area contributed by atoms with Gasteiger partial charge >= 0.3 is 0 Å². The van der Waals surface area contributed by atoms with E-state index >= 15 is 0 Å². The van der Waals surface area contributed by atoms with Gasteiger partial charge in [0.2, 0.25) is 5.88 Å². The lowest BCUT2D eigenvalue weighted by Gasteiger charge is -2.23. The Morgan fingerprint density at radius 3 is 2.96 bits per heavy atom. The summed E-state index contributed by atoms with van der Waals surface area (Å²) in [5.41, 5.74) is 6.84. The van der Waals surface area contributed by atoms with Gasteiger partial charge in [-0.3, -0.25) is 4.79 Å². The molecule has 122 valence electrons. The molecule has 8 nitrogen and oxygen atoms in total. The Balaban J connectivity index is 2.10. The molecule has 0 fully saturated rings. The molecule has 8 heteroatoms. The fourth-order valence-corrected chi connectivity index (χ4v) is 2.55. The van der Waals surface area contributed by atoms with Crippen molar-refractivity contribution in [2.24, 2.45) is 0 Å². The van der Waals surface area contributed by atoms with Crippen LogP contribution in [0.2, 0.25) is 0 Å².